The first kappa shape index (κ1) is 9.09. The maximum absolute atomic E-state index is 10.7. The fraction of sp³-hybridized carbons (Fsp3) is 0.100. The van der Waals surface area contributed by atoms with Crippen molar-refractivity contribution in [3.05, 3.63) is 34.5 Å². The Labute approximate surface area is 85.3 Å². The van der Waals surface area contributed by atoms with Crippen LogP contribution in [0.15, 0.2) is 18.2 Å². The van der Waals surface area contributed by atoms with Crippen molar-refractivity contribution in [2.24, 2.45) is 0 Å². The number of benzene rings is 1. The molecule has 0 fully saturated rings. The van der Waals surface area contributed by atoms with Crippen LogP contribution in [0.2, 0.25) is 5.02 Å². The van der Waals surface area contributed by atoms with E-state index in [-0.39, 0.29) is 5.69 Å². The number of carboxylic acid groups (broad SMARTS) is 1. The first-order valence-corrected chi connectivity index (χ1v) is 4.48. The van der Waals surface area contributed by atoms with Crippen molar-refractivity contribution < 1.29 is 9.90 Å². The predicted octanol–water partition coefficient (Wildman–Crippen LogP) is 2.83. The Morgan fingerprint density at radius 2 is 2.14 bits per heavy atom. The molecule has 0 radical (unpaired) electrons. The highest BCUT2D eigenvalue weighted by Crippen LogP contribution is 2.23. The number of rotatable bonds is 1. The fourth-order valence-corrected chi connectivity index (χ4v) is 1.76. The minimum atomic E-state index is -0.961. The molecule has 1 aromatic carbocycles. The number of carboxylic acids is 1. The summed E-state index contributed by atoms with van der Waals surface area (Å²) >= 11 is 5.85. The lowest BCUT2D eigenvalue weighted by Crippen LogP contribution is -1.94. The number of aryl methyl sites for hydroxylation is 1. The molecule has 2 N–H and O–H groups in total. The molecule has 0 aliphatic carbocycles. The van der Waals surface area contributed by atoms with Gasteiger partial charge in [0.2, 0.25) is 0 Å². The van der Waals surface area contributed by atoms with E-state index >= 15 is 0 Å². The molecule has 0 aliphatic heterocycles. The maximum Gasteiger partial charge on any atom is 0.352 e. The normalized spacial score (nSPS) is 10.7. The van der Waals surface area contributed by atoms with Crippen LogP contribution in [0.1, 0.15) is 16.1 Å². The molecule has 0 bridgehead atoms. The minimum absolute atomic E-state index is 0.186. The number of halogens is 1. The monoisotopic (exact) mass is 209 g/mol. The Bertz CT molecular complexity index is 516. The summed E-state index contributed by atoms with van der Waals surface area (Å²) in [7, 11) is 0. The second-order valence-corrected chi connectivity index (χ2v) is 3.61. The van der Waals surface area contributed by atoms with Crippen LogP contribution in [0, 0.1) is 6.92 Å². The molecule has 1 aromatic heterocycles. The van der Waals surface area contributed by atoms with E-state index in [0.29, 0.717) is 5.02 Å². The summed E-state index contributed by atoms with van der Waals surface area (Å²) in [4.78, 5) is 13.5. The quantitative estimate of drug-likeness (QED) is 0.759. The highest BCUT2D eigenvalue weighted by atomic mass is 35.5. The number of aromatic amines is 1. The van der Waals surface area contributed by atoms with Crippen LogP contribution in [0.25, 0.3) is 10.9 Å². The molecule has 14 heavy (non-hydrogen) atoms. The van der Waals surface area contributed by atoms with Gasteiger partial charge in [0.1, 0.15) is 5.69 Å². The van der Waals surface area contributed by atoms with E-state index in [9.17, 15) is 4.79 Å². The summed E-state index contributed by atoms with van der Waals surface area (Å²) in [5, 5.41) is 10.3. The van der Waals surface area contributed by atoms with Crippen LogP contribution in [-0.2, 0) is 0 Å². The number of carbonyl (C=O) groups is 1. The second-order valence-electron chi connectivity index (χ2n) is 3.17. The minimum Gasteiger partial charge on any atom is -0.477 e. The first-order chi connectivity index (χ1) is 6.58. The molecule has 0 atom stereocenters. The molecule has 72 valence electrons. The van der Waals surface area contributed by atoms with Gasteiger partial charge in [-0.25, -0.2) is 4.79 Å². The van der Waals surface area contributed by atoms with Crippen LogP contribution in [-0.4, -0.2) is 16.1 Å². The maximum atomic E-state index is 10.7. The van der Waals surface area contributed by atoms with E-state index in [1.165, 1.54) is 0 Å². The van der Waals surface area contributed by atoms with Crippen molar-refractivity contribution in [1.82, 2.24) is 4.98 Å². The van der Waals surface area contributed by atoms with Gasteiger partial charge in [-0.05, 0) is 30.7 Å². The van der Waals surface area contributed by atoms with Crippen molar-refractivity contribution in [2.75, 3.05) is 0 Å². The van der Waals surface area contributed by atoms with Gasteiger partial charge < -0.3 is 10.1 Å². The Kier molecular flexibility index (Phi) is 1.97. The van der Waals surface area contributed by atoms with E-state index in [0.717, 1.165) is 16.5 Å². The van der Waals surface area contributed by atoms with E-state index in [1.54, 1.807) is 12.1 Å². The smallest absolute Gasteiger partial charge is 0.352 e. The average Bonchev–Trinajstić information content (AvgIpc) is 2.47. The largest absolute Gasteiger partial charge is 0.477 e. The highest BCUT2D eigenvalue weighted by Gasteiger charge is 2.09. The third-order valence-electron chi connectivity index (χ3n) is 2.14. The van der Waals surface area contributed by atoms with E-state index in [2.05, 4.69) is 4.98 Å². The zero-order valence-corrected chi connectivity index (χ0v) is 8.22. The van der Waals surface area contributed by atoms with Gasteiger partial charge in [0.25, 0.3) is 0 Å². The van der Waals surface area contributed by atoms with Crippen molar-refractivity contribution in [3.8, 4) is 0 Å². The van der Waals surface area contributed by atoms with Crippen LogP contribution in [0.4, 0.5) is 0 Å². The van der Waals surface area contributed by atoms with E-state index in [4.69, 9.17) is 16.7 Å². The van der Waals surface area contributed by atoms with Gasteiger partial charge in [0.05, 0.1) is 0 Å². The van der Waals surface area contributed by atoms with Gasteiger partial charge in [0, 0.05) is 15.9 Å². The molecule has 0 aliphatic rings. The van der Waals surface area contributed by atoms with Crippen molar-refractivity contribution >= 4 is 28.5 Å². The van der Waals surface area contributed by atoms with E-state index in [1.807, 2.05) is 13.0 Å². The molecule has 0 unspecified atom stereocenters. The summed E-state index contributed by atoms with van der Waals surface area (Å²) in [5.74, 6) is -0.961. The number of H-pyrrole nitrogens is 1. The second kappa shape index (κ2) is 3.03. The van der Waals surface area contributed by atoms with Crippen LogP contribution in [0.3, 0.4) is 0 Å². The Balaban J connectivity index is 2.76. The molecule has 4 heteroatoms. The summed E-state index contributed by atoms with van der Waals surface area (Å²) < 4.78 is 0. The Morgan fingerprint density at radius 1 is 1.43 bits per heavy atom. The van der Waals surface area contributed by atoms with Gasteiger partial charge >= 0.3 is 5.97 Å². The number of fused-ring (bicyclic) bond motifs is 1. The van der Waals surface area contributed by atoms with Crippen LogP contribution < -0.4 is 0 Å². The standard InChI is InChI=1S/C10H8ClNO2/c1-5-2-6(11)3-8-7(5)4-9(12-8)10(13)14/h2-4,12H,1H3,(H,13,14). The van der Waals surface area contributed by atoms with Crippen LogP contribution in [0.5, 0.6) is 0 Å². The number of hydrogen-bond acceptors (Lipinski definition) is 1. The molecule has 2 aromatic rings. The highest BCUT2D eigenvalue weighted by molar-refractivity contribution is 6.31. The predicted molar refractivity (Wildman–Crippen MR) is 55.0 cm³/mol. The molecule has 3 nitrogen and oxygen atoms in total. The number of aromatic nitrogens is 1. The summed E-state index contributed by atoms with van der Waals surface area (Å²) in [6.45, 7) is 1.90. The first-order valence-electron chi connectivity index (χ1n) is 4.10. The Morgan fingerprint density at radius 3 is 2.79 bits per heavy atom. The SMILES string of the molecule is Cc1cc(Cl)cc2[nH]c(C(=O)O)cc12. The molecular weight excluding hydrogens is 202 g/mol. The van der Waals surface area contributed by atoms with Gasteiger partial charge in [-0.2, -0.15) is 0 Å². The van der Waals surface area contributed by atoms with Gasteiger partial charge in [-0.1, -0.05) is 11.6 Å². The molecule has 0 saturated carbocycles. The number of hydrogen-bond donors (Lipinski definition) is 2. The third kappa shape index (κ3) is 1.36. The third-order valence-corrected chi connectivity index (χ3v) is 2.36. The number of nitrogens with one attached hydrogen (secondary N) is 1. The lowest BCUT2D eigenvalue weighted by atomic mass is 10.1. The lowest BCUT2D eigenvalue weighted by Gasteiger charge is -1.95. The Hall–Kier alpha value is -1.48. The summed E-state index contributed by atoms with van der Waals surface area (Å²) in [5.41, 5.74) is 1.91. The topological polar surface area (TPSA) is 53.1 Å². The number of aromatic carboxylic acids is 1. The molecule has 2 rings (SSSR count). The summed E-state index contributed by atoms with van der Waals surface area (Å²) in [6.07, 6.45) is 0. The van der Waals surface area contributed by atoms with Crippen LogP contribution >= 0.6 is 11.6 Å². The van der Waals surface area contributed by atoms with Crippen molar-refractivity contribution in [3.63, 3.8) is 0 Å². The van der Waals surface area contributed by atoms with Crippen molar-refractivity contribution in [1.29, 1.82) is 0 Å². The molecule has 0 saturated heterocycles. The average molecular weight is 210 g/mol. The zero-order chi connectivity index (χ0) is 10.3. The molecule has 1 heterocycles. The van der Waals surface area contributed by atoms with Gasteiger partial charge in [-0.3, -0.25) is 0 Å². The lowest BCUT2D eigenvalue weighted by molar-refractivity contribution is 0.0691. The fourth-order valence-electron chi connectivity index (χ4n) is 1.49. The molecular formula is C10H8ClNO2. The van der Waals surface area contributed by atoms with Gasteiger partial charge in [-0.15, -0.1) is 0 Å². The zero-order valence-electron chi connectivity index (χ0n) is 7.47. The van der Waals surface area contributed by atoms with Gasteiger partial charge in [0.15, 0.2) is 0 Å². The molecule has 0 amide bonds. The molecule has 0 spiro atoms. The summed E-state index contributed by atoms with van der Waals surface area (Å²) in [6, 6.07) is 5.14. The van der Waals surface area contributed by atoms with E-state index < -0.39 is 5.97 Å². The van der Waals surface area contributed by atoms with Crippen molar-refractivity contribution in [2.45, 2.75) is 6.92 Å².